The van der Waals surface area contributed by atoms with E-state index in [-0.39, 0.29) is 24.2 Å². The molecule has 0 saturated carbocycles. The molecule has 0 radical (unpaired) electrons. The molecule has 22 heavy (non-hydrogen) atoms. The van der Waals surface area contributed by atoms with Gasteiger partial charge in [0.2, 0.25) is 5.91 Å². The summed E-state index contributed by atoms with van der Waals surface area (Å²) in [5.74, 6) is 0.702. The third-order valence-corrected chi connectivity index (χ3v) is 3.53. The summed E-state index contributed by atoms with van der Waals surface area (Å²) in [5, 5.41) is 0. The molecule has 7 heteroatoms. The normalized spacial score (nSPS) is 17.9. The first-order chi connectivity index (χ1) is 10.6. The van der Waals surface area contributed by atoms with Crippen LogP contribution in [0.25, 0.3) is 0 Å². The molecule has 1 amide bonds. The van der Waals surface area contributed by atoms with Gasteiger partial charge in [-0.1, -0.05) is 0 Å². The highest BCUT2D eigenvalue weighted by Gasteiger charge is 2.26. The molecule has 1 aromatic heterocycles. The Hall–Kier alpha value is -2.18. The lowest BCUT2D eigenvalue weighted by Crippen LogP contribution is -2.44. The second-order valence-corrected chi connectivity index (χ2v) is 5.29. The van der Waals surface area contributed by atoms with Crippen LogP contribution in [0.4, 0.5) is 0 Å². The molecule has 2 rings (SSSR count). The minimum Gasteiger partial charge on any atom is -0.477 e. The molecule has 1 atom stereocenters. The largest absolute Gasteiger partial charge is 0.477 e. The number of likely N-dealkylation sites (tertiary alicyclic amines) is 1. The standard InChI is InChI=1S/C15H21N3O4/c1-11(19)5-6-13(20)18-9-3-4-12(10-18)22-15-14(21-2)16-7-8-17-15/h7-8,12H,3-6,9-10H2,1-2H3. The summed E-state index contributed by atoms with van der Waals surface area (Å²) >= 11 is 0. The van der Waals surface area contributed by atoms with Crippen molar-refractivity contribution < 1.29 is 19.1 Å². The molecule has 0 aromatic carbocycles. The summed E-state index contributed by atoms with van der Waals surface area (Å²) in [6, 6.07) is 0. The van der Waals surface area contributed by atoms with Gasteiger partial charge in [-0.05, 0) is 19.8 Å². The summed E-state index contributed by atoms with van der Waals surface area (Å²) in [4.78, 5) is 33.0. The monoisotopic (exact) mass is 307 g/mol. The maximum atomic E-state index is 12.1. The van der Waals surface area contributed by atoms with E-state index in [0.29, 0.717) is 31.3 Å². The van der Waals surface area contributed by atoms with E-state index in [1.807, 2.05) is 0 Å². The lowest BCUT2D eigenvalue weighted by molar-refractivity contribution is -0.135. The number of hydrogen-bond donors (Lipinski definition) is 0. The fraction of sp³-hybridized carbons (Fsp3) is 0.600. The van der Waals surface area contributed by atoms with Gasteiger partial charge in [-0.2, -0.15) is 0 Å². The van der Waals surface area contributed by atoms with Gasteiger partial charge in [0, 0.05) is 31.8 Å². The van der Waals surface area contributed by atoms with Gasteiger partial charge in [0.15, 0.2) is 0 Å². The van der Waals surface area contributed by atoms with E-state index >= 15 is 0 Å². The number of ketones is 1. The van der Waals surface area contributed by atoms with Crippen molar-refractivity contribution in [1.29, 1.82) is 0 Å². The van der Waals surface area contributed by atoms with Crippen molar-refractivity contribution in [2.75, 3.05) is 20.2 Å². The molecule has 120 valence electrons. The fourth-order valence-electron chi connectivity index (χ4n) is 2.39. The molecule has 7 nitrogen and oxygen atoms in total. The van der Waals surface area contributed by atoms with Crippen LogP contribution < -0.4 is 9.47 Å². The number of carbonyl (C=O) groups is 2. The number of amides is 1. The average molecular weight is 307 g/mol. The molecule has 0 N–H and O–H groups in total. The van der Waals surface area contributed by atoms with Crippen LogP contribution in [-0.4, -0.2) is 52.9 Å². The summed E-state index contributed by atoms with van der Waals surface area (Å²) < 4.78 is 10.9. The van der Waals surface area contributed by atoms with E-state index in [2.05, 4.69) is 9.97 Å². The minimum atomic E-state index is -0.138. The van der Waals surface area contributed by atoms with Gasteiger partial charge in [-0.25, -0.2) is 9.97 Å². The highest BCUT2D eigenvalue weighted by molar-refractivity contribution is 5.83. The number of piperidine rings is 1. The smallest absolute Gasteiger partial charge is 0.278 e. The first-order valence-electron chi connectivity index (χ1n) is 7.39. The van der Waals surface area contributed by atoms with Gasteiger partial charge in [0.1, 0.15) is 11.9 Å². The van der Waals surface area contributed by atoms with Crippen molar-refractivity contribution in [3.63, 3.8) is 0 Å². The lowest BCUT2D eigenvalue weighted by atomic mass is 10.1. The summed E-state index contributed by atoms with van der Waals surface area (Å²) in [6.07, 6.45) is 5.19. The molecule has 1 fully saturated rings. The third kappa shape index (κ3) is 4.41. The molecule has 1 aliphatic heterocycles. The number of carbonyl (C=O) groups excluding carboxylic acids is 2. The third-order valence-electron chi connectivity index (χ3n) is 3.53. The quantitative estimate of drug-likeness (QED) is 0.786. The highest BCUT2D eigenvalue weighted by Crippen LogP contribution is 2.24. The Morgan fingerprint density at radius 1 is 1.27 bits per heavy atom. The molecule has 1 saturated heterocycles. The average Bonchev–Trinajstić information content (AvgIpc) is 2.53. The van der Waals surface area contributed by atoms with E-state index in [0.717, 1.165) is 12.8 Å². The SMILES string of the molecule is COc1nccnc1OC1CCCN(C(=O)CCC(C)=O)C1. The Morgan fingerprint density at radius 3 is 2.68 bits per heavy atom. The number of rotatable bonds is 6. The Kier molecular flexibility index (Phi) is 5.68. The molecule has 0 bridgehead atoms. The number of methoxy groups -OCH3 is 1. The number of hydrogen-bond acceptors (Lipinski definition) is 6. The van der Waals surface area contributed by atoms with Crippen molar-refractivity contribution in [1.82, 2.24) is 14.9 Å². The van der Waals surface area contributed by atoms with Crippen LogP contribution in [0.5, 0.6) is 11.8 Å². The van der Waals surface area contributed by atoms with E-state index < -0.39 is 0 Å². The maximum Gasteiger partial charge on any atom is 0.278 e. The molecule has 1 unspecified atom stereocenters. The van der Waals surface area contributed by atoms with Gasteiger partial charge in [0.25, 0.3) is 11.8 Å². The number of ether oxygens (including phenoxy) is 2. The van der Waals surface area contributed by atoms with Gasteiger partial charge in [-0.15, -0.1) is 0 Å². The van der Waals surface area contributed by atoms with Crippen molar-refractivity contribution in [3.8, 4) is 11.8 Å². The zero-order valence-electron chi connectivity index (χ0n) is 12.9. The fourth-order valence-corrected chi connectivity index (χ4v) is 2.39. The summed E-state index contributed by atoms with van der Waals surface area (Å²) in [7, 11) is 1.51. The second kappa shape index (κ2) is 7.72. The zero-order valence-corrected chi connectivity index (χ0v) is 12.9. The summed E-state index contributed by atoms with van der Waals surface area (Å²) in [6.45, 7) is 2.69. The van der Waals surface area contributed by atoms with Crippen molar-refractivity contribution >= 4 is 11.7 Å². The summed E-state index contributed by atoms with van der Waals surface area (Å²) in [5.41, 5.74) is 0. The predicted molar refractivity (Wildman–Crippen MR) is 78.7 cm³/mol. The predicted octanol–water partition coefficient (Wildman–Crippen LogP) is 1.22. The van der Waals surface area contributed by atoms with E-state index in [9.17, 15) is 9.59 Å². The Labute approximate surface area is 129 Å². The molecule has 1 aromatic rings. The van der Waals surface area contributed by atoms with Crippen molar-refractivity contribution in [2.24, 2.45) is 0 Å². The first-order valence-corrected chi connectivity index (χ1v) is 7.39. The van der Waals surface area contributed by atoms with Crippen LogP contribution in [0, 0.1) is 0 Å². The molecular weight excluding hydrogens is 286 g/mol. The minimum absolute atomic E-state index is 0.00499. The van der Waals surface area contributed by atoms with Gasteiger partial charge in [0.05, 0.1) is 13.7 Å². The molecular formula is C15H21N3O4. The number of Topliss-reactive ketones (excluding diaryl/α,β-unsaturated/α-hetero) is 1. The van der Waals surface area contributed by atoms with E-state index in [1.54, 1.807) is 4.90 Å². The highest BCUT2D eigenvalue weighted by atomic mass is 16.5. The van der Waals surface area contributed by atoms with Crippen LogP contribution in [0.15, 0.2) is 12.4 Å². The Balaban J connectivity index is 1.93. The molecule has 2 heterocycles. The first kappa shape index (κ1) is 16.2. The van der Waals surface area contributed by atoms with Crippen molar-refractivity contribution in [2.45, 2.75) is 38.7 Å². The van der Waals surface area contributed by atoms with Crippen LogP contribution in [0.2, 0.25) is 0 Å². The molecule has 0 spiro atoms. The van der Waals surface area contributed by atoms with Gasteiger partial charge in [-0.3, -0.25) is 4.79 Å². The Morgan fingerprint density at radius 2 is 2.00 bits per heavy atom. The number of nitrogens with zero attached hydrogens (tertiary/aromatic N) is 3. The molecule has 0 aliphatic carbocycles. The number of aromatic nitrogens is 2. The Bertz CT molecular complexity index is 535. The second-order valence-electron chi connectivity index (χ2n) is 5.29. The maximum absolute atomic E-state index is 12.1. The van der Waals surface area contributed by atoms with Crippen LogP contribution in [0.3, 0.4) is 0 Å². The van der Waals surface area contributed by atoms with Gasteiger partial charge >= 0.3 is 0 Å². The van der Waals surface area contributed by atoms with Crippen LogP contribution in [0.1, 0.15) is 32.6 Å². The lowest BCUT2D eigenvalue weighted by Gasteiger charge is -2.32. The van der Waals surface area contributed by atoms with Crippen molar-refractivity contribution in [3.05, 3.63) is 12.4 Å². The zero-order chi connectivity index (χ0) is 15.9. The van der Waals surface area contributed by atoms with Gasteiger partial charge < -0.3 is 19.2 Å². The topological polar surface area (TPSA) is 81.6 Å². The van der Waals surface area contributed by atoms with E-state index in [4.69, 9.17) is 9.47 Å². The molecule has 1 aliphatic rings. The van der Waals surface area contributed by atoms with Crippen LogP contribution >= 0.6 is 0 Å². The van der Waals surface area contributed by atoms with Crippen LogP contribution in [-0.2, 0) is 9.59 Å². The van der Waals surface area contributed by atoms with E-state index in [1.165, 1.54) is 26.4 Å².